The van der Waals surface area contributed by atoms with Crippen LogP contribution in [0.3, 0.4) is 0 Å². The van der Waals surface area contributed by atoms with Crippen LogP contribution in [0.15, 0.2) is 93.0 Å². The molecule has 0 spiro atoms. The van der Waals surface area contributed by atoms with Gasteiger partial charge in [0.25, 0.3) is 0 Å². The van der Waals surface area contributed by atoms with E-state index >= 15 is 0 Å². The van der Waals surface area contributed by atoms with Crippen LogP contribution in [0.2, 0.25) is 0 Å². The number of benzene rings is 3. The SMILES string of the molecule is O=C(Cc1ccccc1)Nc1ccc(SCc2cc3ccc(O)cc3oc2=O)cc1. The maximum atomic E-state index is 12.2. The van der Waals surface area contributed by atoms with E-state index in [4.69, 9.17) is 4.42 Å². The quantitative estimate of drug-likeness (QED) is 0.342. The molecule has 0 bridgehead atoms. The van der Waals surface area contributed by atoms with Crippen LogP contribution in [0.1, 0.15) is 11.1 Å². The van der Waals surface area contributed by atoms with E-state index in [0.717, 1.165) is 21.5 Å². The lowest BCUT2D eigenvalue weighted by Gasteiger charge is -2.07. The molecule has 0 fully saturated rings. The number of rotatable bonds is 6. The highest BCUT2D eigenvalue weighted by molar-refractivity contribution is 7.98. The van der Waals surface area contributed by atoms with Gasteiger partial charge in [-0.25, -0.2) is 4.79 Å². The number of thioether (sulfide) groups is 1. The van der Waals surface area contributed by atoms with Gasteiger partial charge in [-0.1, -0.05) is 30.3 Å². The number of phenolic OH excluding ortho intramolecular Hbond substituents is 1. The highest BCUT2D eigenvalue weighted by atomic mass is 32.2. The first-order chi connectivity index (χ1) is 14.6. The molecule has 3 aromatic carbocycles. The molecule has 0 aliphatic heterocycles. The predicted octanol–water partition coefficient (Wildman–Crippen LogP) is 4.97. The van der Waals surface area contributed by atoms with Crippen LogP contribution >= 0.6 is 11.8 Å². The summed E-state index contributed by atoms with van der Waals surface area (Å²) in [6, 6.07) is 23.6. The van der Waals surface area contributed by atoms with E-state index in [1.54, 1.807) is 18.2 Å². The van der Waals surface area contributed by atoms with Gasteiger partial charge in [-0.15, -0.1) is 11.8 Å². The molecular weight excluding hydrogens is 398 g/mol. The van der Waals surface area contributed by atoms with Gasteiger partial charge in [-0.2, -0.15) is 0 Å². The largest absolute Gasteiger partial charge is 0.508 e. The summed E-state index contributed by atoms with van der Waals surface area (Å²) < 4.78 is 5.30. The molecule has 0 saturated heterocycles. The summed E-state index contributed by atoms with van der Waals surface area (Å²) >= 11 is 1.51. The van der Waals surface area contributed by atoms with Gasteiger partial charge in [0.2, 0.25) is 5.91 Å². The van der Waals surface area contributed by atoms with Gasteiger partial charge in [0, 0.05) is 33.4 Å². The normalized spacial score (nSPS) is 10.8. The zero-order valence-corrected chi connectivity index (χ0v) is 16.8. The molecule has 4 aromatic rings. The van der Waals surface area contributed by atoms with Crippen molar-refractivity contribution in [2.75, 3.05) is 5.32 Å². The lowest BCUT2D eigenvalue weighted by Crippen LogP contribution is -2.14. The first kappa shape index (κ1) is 19.8. The second kappa shape index (κ2) is 8.88. The summed E-state index contributed by atoms with van der Waals surface area (Å²) in [6.45, 7) is 0. The minimum atomic E-state index is -0.412. The average Bonchev–Trinajstić information content (AvgIpc) is 2.74. The van der Waals surface area contributed by atoms with Crippen molar-refractivity contribution in [3.05, 3.63) is 100 Å². The Hall–Kier alpha value is -3.51. The Balaban J connectivity index is 1.37. The molecule has 30 heavy (non-hydrogen) atoms. The molecule has 0 saturated carbocycles. The van der Waals surface area contributed by atoms with Crippen molar-refractivity contribution >= 4 is 34.3 Å². The second-order valence-electron chi connectivity index (χ2n) is 6.80. The number of aromatic hydroxyl groups is 1. The minimum absolute atomic E-state index is 0.0590. The number of carbonyl (C=O) groups excluding carboxylic acids is 1. The van der Waals surface area contributed by atoms with Gasteiger partial charge < -0.3 is 14.8 Å². The number of carbonyl (C=O) groups is 1. The van der Waals surface area contributed by atoms with Crippen LogP contribution in [-0.4, -0.2) is 11.0 Å². The molecule has 0 aliphatic rings. The van der Waals surface area contributed by atoms with E-state index in [1.807, 2.05) is 54.6 Å². The summed E-state index contributed by atoms with van der Waals surface area (Å²) in [6.07, 6.45) is 0.326. The molecular formula is C24H19NO4S. The Bertz CT molecular complexity index is 1230. The van der Waals surface area contributed by atoms with Crippen molar-refractivity contribution in [2.24, 2.45) is 0 Å². The third-order valence-corrected chi connectivity index (χ3v) is 5.59. The third-order valence-electron chi connectivity index (χ3n) is 4.53. The standard InChI is InChI=1S/C24H19NO4S/c26-20-9-6-17-13-18(24(28)29-22(17)14-20)15-30-21-10-7-19(8-11-21)25-23(27)12-16-4-2-1-3-5-16/h1-11,13-14,26H,12,15H2,(H,25,27). The van der Waals surface area contributed by atoms with E-state index in [-0.39, 0.29) is 11.7 Å². The lowest BCUT2D eigenvalue weighted by molar-refractivity contribution is -0.115. The fourth-order valence-electron chi connectivity index (χ4n) is 3.03. The maximum Gasteiger partial charge on any atom is 0.340 e. The lowest BCUT2D eigenvalue weighted by atomic mass is 10.1. The van der Waals surface area contributed by atoms with Crippen LogP contribution in [-0.2, 0) is 17.0 Å². The molecule has 0 radical (unpaired) electrons. The highest BCUT2D eigenvalue weighted by Gasteiger charge is 2.08. The van der Waals surface area contributed by atoms with Crippen molar-refractivity contribution in [2.45, 2.75) is 17.1 Å². The Morgan fingerprint density at radius 3 is 2.50 bits per heavy atom. The van der Waals surface area contributed by atoms with Crippen molar-refractivity contribution < 1.29 is 14.3 Å². The number of phenols is 1. The Morgan fingerprint density at radius 1 is 0.967 bits per heavy atom. The van der Waals surface area contributed by atoms with Crippen LogP contribution < -0.4 is 10.9 Å². The first-order valence-electron chi connectivity index (χ1n) is 9.39. The average molecular weight is 417 g/mol. The molecule has 1 amide bonds. The summed E-state index contributed by atoms with van der Waals surface area (Å²) in [5, 5.41) is 13.2. The Morgan fingerprint density at radius 2 is 1.73 bits per heavy atom. The number of fused-ring (bicyclic) bond motifs is 1. The molecule has 4 rings (SSSR count). The third kappa shape index (κ3) is 4.90. The van der Waals surface area contributed by atoms with E-state index in [1.165, 1.54) is 17.8 Å². The van der Waals surface area contributed by atoms with Crippen LogP contribution in [0.4, 0.5) is 5.69 Å². The number of amides is 1. The zero-order valence-electron chi connectivity index (χ0n) is 16.0. The van der Waals surface area contributed by atoms with E-state index in [9.17, 15) is 14.7 Å². The monoisotopic (exact) mass is 417 g/mol. The maximum absolute atomic E-state index is 12.2. The van der Waals surface area contributed by atoms with Crippen LogP contribution in [0.25, 0.3) is 11.0 Å². The molecule has 1 aromatic heterocycles. The number of hydrogen-bond acceptors (Lipinski definition) is 5. The predicted molar refractivity (Wildman–Crippen MR) is 119 cm³/mol. The minimum Gasteiger partial charge on any atom is -0.508 e. The zero-order chi connectivity index (χ0) is 20.9. The molecule has 5 nitrogen and oxygen atoms in total. The van der Waals surface area contributed by atoms with Gasteiger partial charge in [-0.05, 0) is 48.0 Å². The highest BCUT2D eigenvalue weighted by Crippen LogP contribution is 2.25. The van der Waals surface area contributed by atoms with Gasteiger partial charge in [-0.3, -0.25) is 4.79 Å². The van der Waals surface area contributed by atoms with Gasteiger partial charge in [0.15, 0.2) is 0 Å². The van der Waals surface area contributed by atoms with Crippen molar-refractivity contribution in [3.8, 4) is 5.75 Å². The summed E-state index contributed by atoms with van der Waals surface area (Å²) in [4.78, 5) is 25.3. The molecule has 150 valence electrons. The molecule has 6 heteroatoms. The topological polar surface area (TPSA) is 79.5 Å². The van der Waals surface area contributed by atoms with Crippen LogP contribution in [0.5, 0.6) is 5.75 Å². The molecule has 0 aliphatic carbocycles. The molecule has 0 unspecified atom stereocenters. The Kier molecular flexibility index (Phi) is 5.86. The fraction of sp³-hybridized carbons (Fsp3) is 0.0833. The van der Waals surface area contributed by atoms with E-state index in [0.29, 0.717) is 23.3 Å². The van der Waals surface area contributed by atoms with Crippen molar-refractivity contribution in [1.82, 2.24) is 0 Å². The second-order valence-corrected chi connectivity index (χ2v) is 7.85. The van der Waals surface area contributed by atoms with Crippen molar-refractivity contribution in [3.63, 3.8) is 0 Å². The number of anilines is 1. The molecule has 0 atom stereocenters. The number of hydrogen-bond donors (Lipinski definition) is 2. The number of nitrogens with one attached hydrogen (secondary N) is 1. The smallest absolute Gasteiger partial charge is 0.340 e. The van der Waals surface area contributed by atoms with E-state index in [2.05, 4.69) is 5.32 Å². The Labute approximate surface area is 177 Å². The first-order valence-corrected chi connectivity index (χ1v) is 10.4. The molecule has 1 heterocycles. The fourth-order valence-corrected chi connectivity index (χ4v) is 3.88. The van der Waals surface area contributed by atoms with Crippen LogP contribution in [0, 0.1) is 0 Å². The van der Waals surface area contributed by atoms with Gasteiger partial charge in [0.1, 0.15) is 11.3 Å². The summed E-state index contributed by atoms with van der Waals surface area (Å²) in [5.41, 5.74) is 2.20. The summed E-state index contributed by atoms with van der Waals surface area (Å²) in [5.74, 6) is 0.448. The van der Waals surface area contributed by atoms with Gasteiger partial charge >= 0.3 is 5.63 Å². The summed E-state index contributed by atoms with van der Waals surface area (Å²) in [7, 11) is 0. The molecule has 2 N–H and O–H groups in total. The van der Waals surface area contributed by atoms with E-state index < -0.39 is 5.63 Å². The van der Waals surface area contributed by atoms with Crippen molar-refractivity contribution in [1.29, 1.82) is 0 Å². The van der Waals surface area contributed by atoms with Gasteiger partial charge in [0.05, 0.1) is 6.42 Å².